The molecule has 7 nitrogen and oxygen atoms in total. The quantitative estimate of drug-likeness (QED) is 0.441. The number of rotatable bonds is 6. The van der Waals surface area contributed by atoms with E-state index >= 15 is 0 Å². The molecule has 0 saturated carbocycles. The van der Waals surface area contributed by atoms with E-state index in [0.29, 0.717) is 23.1 Å². The first kappa shape index (κ1) is 21.5. The molecule has 32 heavy (non-hydrogen) atoms. The summed E-state index contributed by atoms with van der Waals surface area (Å²) >= 11 is 6.07. The fraction of sp³-hybridized carbons (Fsp3) is 0.167. The molecule has 0 unspecified atom stereocenters. The number of halogens is 1. The molecule has 2 aromatic heterocycles. The van der Waals surface area contributed by atoms with Crippen LogP contribution in [0, 0.1) is 0 Å². The molecule has 2 aromatic carbocycles. The van der Waals surface area contributed by atoms with Gasteiger partial charge in [0.25, 0.3) is 5.91 Å². The molecule has 0 radical (unpaired) electrons. The van der Waals surface area contributed by atoms with Crippen molar-refractivity contribution in [2.24, 2.45) is 0 Å². The van der Waals surface area contributed by atoms with Gasteiger partial charge in [0.05, 0.1) is 11.4 Å². The summed E-state index contributed by atoms with van der Waals surface area (Å²) in [6, 6.07) is 20.8. The second kappa shape index (κ2) is 9.20. The number of aromatic nitrogens is 4. The Morgan fingerprint density at radius 2 is 1.66 bits per heavy atom. The van der Waals surface area contributed by atoms with Crippen LogP contribution < -0.4 is 4.90 Å². The first-order valence-electron chi connectivity index (χ1n) is 10.1. The van der Waals surface area contributed by atoms with Crippen LogP contribution >= 0.6 is 11.6 Å². The van der Waals surface area contributed by atoms with Gasteiger partial charge in [0.15, 0.2) is 11.5 Å². The molecule has 0 fully saturated rings. The molecule has 4 aromatic rings. The Labute approximate surface area is 191 Å². The summed E-state index contributed by atoms with van der Waals surface area (Å²) < 4.78 is 1.82. The van der Waals surface area contributed by atoms with E-state index in [-0.39, 0.29) is 5.91 Å². The van der Waals surface area contributed by atoms with Crippen LogP contribution in [0.25, 0.3) is 16.9 Å². The summed E-state index contributed by atoms with van der Waals surface area (Å²) in [5, 5.41) is 13.6. The number of benzene rings is 2. The van der Waals surface area contributed by atoms with Crippen LogP contribution in [-0.2, 0) is 6.54 Å². The van der Waals surface area contributed by atoms with Gasteiger partial charge in [-0.2, -0.15) is 5.10 Å². The molecule has 0 aliphatic rings. The van der Waals surface area contributed by atoms with E-state index in [2.05, 4.69) is 10.2 Å². The summed E-state index contributed by atoms with van der Waals surface area (Å²) in [5.41, 5.74) is 3.86. The molecular formula is C24H23ClN6O. The van der Waals surface area contributed by atoms with E-state index in [1.165, 1.54) is 0 Å². The molecule has 0 N–H and O–H groups in total. The molecule has 0 saturated heterocycles. The lowest BCUT2D eigenvalue weighted by atomic mass is 10.1. The SMILES string of the molecule is CN(Cc1cn(-c2ccccc2)nc1-c1ccc(Cl)cc1)C(=O)c1ccc(N(C)C)nn1. The van der Waals surface area contributed by atoms with Gasteiger partial charge in [-0.3, -0.25) is 4.79 Å². The number of carbonyl (C=O) groups excluding carboxylic acids is 1. The van der Waals surface area contributed by atoms with Crippen LogP contribution in [0.3, 0.4) is 0 Å². The summed E-state index contributed by atoms with van der Waals surface area (Å²) in [6.07, 6.45) is 1.95. The maximum atomic E-state index is 13.0. The van der Waals surface area contributed by atoms with Crippen molar-refractivity contribution in [3.63, 3.8) is 0 Å². The molecule has 4 rings (SSSR count). The van der Waals surface area contributed by atoms with Gasteiger partial charge < -0.3 is 9.80 Å². The Kier molecular flexibility index (Phi) is 6.18. The first-order valence-corrected chi connectivity index (χ1v) is 10.5. The summed E-state index contributed by atoms with van der Waals surface area (Å²) in [6.45, 7) is 0.362. The van der Waals surface area contributed by atoms with E-state index < -0.39 is 0 Å². The second-order valence-corrected chi connectivity index (χ2v) is 8.06. The predicted molar refractivity (Wildman–Crippen MR) is 126 cm³/mol. The molecule has 0 aliphatic carbocycles. The van der Waals surface area contributed by atoms with Crippen LogP contribution in [0.4, 0.5) is 5.82 Å². The monoisotopic (exact) mass is 446 g/mol. The lowest BCUT2D eigenvalue weighted by Crippen LogP contribution is -2.27. The third-order valence-corrected chi connectivity index (χ3v) is 5.26. The summed E-state index contributed by atoms with van der Waals surface area (Å²) in [7, 11) is 5.50. The molecular weight excluding hydrogens is 424 g/mol. The Balaban J connectivity index is 1.64. The molecule has 0 spiro atoms. The van der Waals surface area contributed by atoms with Gasteiger partial charge in [0, 0.05) is 50.0 Å². The maximum Gasteiger partial charge on any atom is 0.274 e. The Bertz CT molecular complexity index is 1200. The highest BCUT2D eigenvalue weighted by Gasteiger charge is 2.19. The molecule has 2 heterocycles. The Morgan fingerprint density at radius 1 is 0.938 bits per heavy atom. The van der Waals surface area contributed by atoms with E-state index in [1.807, 2.05) is 84.5 Å². The molecule has 0 atom stereocenters. The van der Waals surface area contributed by atoms with Gasteiger partial charge in [-0.15, -0.1) is 10.2 Å². The zero-order chi connectivity index (χ0) is 22.7. The Morgan fingerprint density at radius 3 is 2.28 bits per heavy atom. The highest BCUT2D eigenvalue weighted by molar-refractivity contribution is 6.30. The topological polar surface area (TPSA) is 67.2 Å². The third-order valence-electron chi connectivity index (χ3n) is 5.01. The van der Waals surface area contributed by atoms with Crippen molar-refractivity contribution in [1.29, 1.82) is 0 Å². The van der Waals surface area contributed by atoms with E-state index in [0.717, 1.165) is 22.5 Å². The van der Waals surface area contributed by atoms with Crippen molar-refractivity contribution < 1.29 is 4.79 Å². The van der Waals surface area contributed by atoms with Gasteiger partial charge in [-0.25, -0.2) is 4.68 Å². The maximum absolute atomic E-state index is 13.0. The van der Waals surface area contributed by atoms with Gasteiger partial charge >= 0.3 is 0 Å². The molecule has 1 amide bonds. The normalized spacial score (nSPS) is 10.8. The van der Waals surface area contributed by atoms with Crippen molar-refractivity contribution in [1.82, 2.24) is 24.9 Å². The summed E-state index contributed by atoms with van der Waals surface area (Å²) in [4.78, 5) is 16.4. The molecule has 0 aliphatic heterocycles. The standard InChI is InChI=1S/C24H23ClN6O/c1-29(2)22-14-13-21(26-27-22)24(32)30(3)15-18-16-31(20-7-5-4-6-8-20)28-23(18)17-9-11-19(25)12-10-17/h4-14,16H,15H2,1-3H3. The number of hydrogen-bond donors (Lipinski definition) is 0. The van der Waals surface area contributed by atoms with Crippen LogP contribution in [0.15, 0.2) is 72.9 Å². The lowest BCUT2D eigenvalue weighted by molar-refractivity contribution is 0.0778. The van der Waals surface area contributed by atoms with E-state index in [1.54, 1.807) is 24.1 Å². The first-order chi connectivity index (χ1) is 15.4. The zero-order valence-electron chi connectivity index (χ0n) is 18.1. The number of nitrogens with zero attached hydrogens (tertiary/aromatic N) is 6. The van der Waals surface area contributed by atoms with Crippen LogP contribution in [-0.4, -0.2) is 51.9 Å². The second-order valence-electron chi connectivity index (χ2n) is 7.62. The van der Waals surface area contributed by atoms with Crippen molar-refractivity contribution in [3.8, 4) is 16.9 Å². The highest BCUT2D eigenvalue weighted by Crippen LogP contribution is 2.26. The van der Waals surface area contributed by atoms with Crippen LogP contribution in [0.2, 0.25) is 5.02 Å². The molecule has 162 valence electrons. The smallest absolute Gasteiger partial charge is 0.274 e. The average molecular weight is 447 g/mol. The van der Waals surface area contributed by atoms with Crippen LogP contribution in [0.1, 0.15) is 16.1 Å². The van der Waals surface area contributed by atoms with Gasteiger partial charge in [0.2, 0.25) is 0 Å². The predicted octanol–water partition coefficient (Wildman–Crippen LogP) is 4.32. The minimum absolute atomic E-state index is 0.211. The van der Waals surface area contributed by atoms with Crippen molar-refractivity contribution in [3.05, 3.63) is 89.2 Å². The molecule has 8 heteroatoms. The minimum Gasteiger partial charge on any atom is -0.361 e. The summed E-state index contributed by atoms with van der Waals surface area (Å²) in [5.74, 6) is 0.482. The van der Waals surface area contributed by atoms with E-state index in [4.69, 9.17) is 16.7 Å². The average Bonchev–Trinajstić information content (AvgIpc) is 3.23. The fourth-order valence-corrected chi connectivity index (χ4v) is 3.42. The van der Waals surface area contributed by atoms with Crippen LogP contribution in [0.5, 0.6) is 0 Å². The minimum atomic E-state index is -0.211. The molecule has 0 bridgehead atoms. The number of para-hydroxylation sites is 1. The van der Waals surface area contributed by atoms with Crippen molar-refractivity contribution in [2.75, 3.05) is 26.0 Å². The van der Waals surface area contributed by atoms with Crippen molar-refractivity contribution in [2.45, 2.75) is 6.54 Å². The lowest BCUT2D eigenvalue weighted by Gasteiger charge is -2.17. The van der Waals surface area contributed by atoms with Crippen molar-refractivity contribution >= 4 is 23.3 Å². The fourth-order valence-electron chi connectivity index (χ4n) is 3.29. The number of amides is 1. The zero-order valence-corrected chi connectivity index (χ0v) is 18.9. The number of hydrogen-bond acceptors (Lipinski definition) is 5. The Hall–Kier alpha value is -3.71. The van der Waals surface area contributed by atoms with Gasteiger partial charge in [0.1, 0.15) is 0 Å². The van der Waals surface area contributed by atoms with Gasteiger partial charge in [-0.1, -0.05) is 41.9 Å². The third kappa shape index (κ3) is 4.63. The number of carbonyl (C=O) groups is 1. The highest BCUT2D eigenvalue weighted by atomic mass is 35.5. The van der Waals surface area contributed by atoms with Gasteiger partial charge in [-0.05, 0) is 36.4 Å². The van der Waals surface area contributed by atoms with E-state index in [9.17, 15) is 4.79 Å². The number of anilines is 1. The largest absolute Gasteiger partial charge is 0.361 e.